The number of anilines is 2. The molecule has 0 aliphatic rings. The lowest BCUT2D eigenvalue weighted by molar-refractivity contribution is 0.174. The summed E-state index contributed by atoms with van der Waals surface area (Å²) in [6, 6.07) is 14.9. The van der Waals surface area contributed by atoms with Gasteiger partial charge in [-0.3, -0.25) is 5.32 Å². The summed E-state index contributed by atoms with van der Waals surface area (Å²) in [6.45, 7) is 6.33. The Morgan fingerprint density at radius 1 is 1.29 bits per heavy atom. The number of rotatable bonds is 8. The number of nitrogens with one attached hydrogen (secondary N) is 2. The van der Waals surface area contributed by atoms with Crippen LogP contribution in [0.4, 0.5) is 16.2 Å². The molecule has 0 unspecified atom stereocenters. The molecule has 0 aliphatic carbocycles. The minimum Gasteiger partial charge on any atom is -0.497 e. The molecule has 2 aromatic carbocycles. The van der Waals surface area contributed by atoms with E-state index in [1.807, 2.05) is 31.2 Å². The van der Waals surface area contributed by atoms with Crippen molar-refractivity contribution in [1.29, 1.82) is 5.26 Å². The minimum absolute atomic E-state index is 0.134. The molecule has 2 rings (SSSR count). The van der Waals surface area contributed by atoms with Crippen molar-refractivity contribution in [3.05, 3.63) is 66.2 Å². The van der Waals surface area contributed by atoms with Crippen molar-refractivity contribution in [2.75, 3.05) is 30.9 Å². The van der Waals surface area contributed by atoms with Gasteiger partial charge in [-0.1, -0.05) is 24.8 Å². The van der Waals surface area contributed by atoms with Crippen molar-refractivity contribution in [2.45, 2.75) is 6.92 Å². The van der Waals surface area contributed by atoms with Crippen molar-refractivity contribution in [3.8, 4) is 11.8 Å². The molecule has 2 N–H and O–H groups in total. The smallest absolute Gasteiger partial charge is 0.411 e. The normalized spacial score (nSPS) is 10.5. The van der Waals surface area contributed by atoms with Gasteiger partial charge in [0.25, 0.3) is 0 Å². The van der Waals surface area contributed by atoms with Gasteiger partial charge in [0.05, 0.1) is 18.8 Å². The summed E-state index contributed by atoms with van der Waals surface area (Å²) in [5.74, 6) is 0.709. The van der Waals surface area contributed by atoms with Crippen molar-refractivity contribution >= 4 is 29.1 Å². The second kappa shape index (κ2) is 10.4. The summed E-state index contributed by atoms with van der Waals surface area (Å²) in [5.41, 5.74) is 3.42. The average Bonchev–Trinajstić information content (AvgIpc) is 2.71. The van der Waals surface area contributed by atoms with Gasteiger partial charge in [0.15, 0.2) is 0 Å². The number of nitriles is 1. The largest absolute Gasteiger partial charge is 0.497 e. The highest BCUT2D eigenvalue weighted by molar-refractivity contribution is 5.95. The molecule has 0 bridgehead atoms. The Labute approximate surface area is 165 Å². The van der Waals surface area contributed by atoms with Crippen LogP contribution in [0, 0.1) is 11.3 Å². The van der Waals surface area contributed by atoms with Gasteiger partial charge >= 0.3 is 6.09 Å². The van der Waals surface area contributed by atoms with Gasteiger partial charge in [-0.05, 0) is 42.8 Å². The number of nitrogens with zero attached hydrogens (tertiary/aromatic N) is 1. The first-order chi connectivity index (χ1) is 13.6. The molecule has 0 atom stereocenters. The Hall–Kier alpha value is -3.72. The zero-order chi connectivity index (χ0) is 20.4. The lowest BCUT2D eigenvalue weighted by atomic mass is 10.0. The van der Waals surface area contributed by atoms with Gasteiger partial charge in [-0.2, -0.15) is 5.26 Å². The van der Waals surface area contributed by atoms with Crippen LogP contribution in [0.3, 0.4) is 0 Å². The number of carbonyl (C=O) groups is 1. The summed E-state index contributed by atoms with van der Waals surface area (Å²) in [6.07, 6.45) is 2.70. The van der Waals surface area contributed by atoms with Gasteiger partial charge in [-0.25, -0.2) is 4.79 Å². The van der Waals surface area contributed by atoms with E-state index in [4.69, 9.17) is 9.47 Å². The topological polar surface area (TPSA) is 83.4 Å². The number of ether oxygens (including phenoxy) is 2. The number of methoxy groups -OCH3 is 1. The van der Waals surface area contributed by atoms with Crippen molar-refractivity contribution < 1.29 is 14.3 Å². The Kier molecular flexibility index (Phi) is 7.67. The fourth-order valence-electron chi connectivity index (χ4n) is 2.55. The Morgan fingerprint density at radius 3 is 2.79 bits per heavy atom. The lowest BCUT2D eigenvalue weighted by Gasteiger charge is -2.12. The first kappa shape index (κ1) is 20.6. The molecular weight excluding hydrogens is 354 g/mol. The van der Waals surface area contributed by atoms with E-state index in [0.717, 1.165) is 16.8 Å². The predicted octanol–water partition coefficient (Wildman–Crippen LogP) is 4.93. The number of hydrogen-bond donors (Lipinski definition) is 2. The highest BCUT2D eigenvalue weighted by Gasteiger charge is 2.10. The average molecular weight is 377 g/mol. The summed E-state index contributed by atoms with van der Waals surface area (Å²) in [4.78, 5) is 11.7. The van der Waals surface area contributed by atoms with Crippen LogP contribution in [0.5, 0.6) is 5.75 Å². The molecule has 0 saturated carbocycles. The molecule has 2 aromatic rings. The second-order valence-electron chi connectivity index (χ2n) is 5.75. The first-order valence-electron chi connectivity index (χ1n) is 8.80. The third-order valence-corrected chi connectivity index (χ3v) is 3.78. The van der Waals surface area contributed by atoms with Crippen LogP contribution in [-0.2, 0) is 4.74 Å². The van der Waals surface area contributed by atoms with Crippen LogP contribution < -0.4 is 15.4 Å². The Morgan fingerprint density at radius 2 is 2.11 bits per heavy atom. The standard InChI is InChI=1S/C22H23N3O3/c1-4-11-28-22(26)25-18-8-6-7-16(13-18)12-17(15-23)20-10-9-19(27-3)14-21(20)24-5-2/h4,6-10,12-14,24H,1,5,11H2,2-3H3,(H,25,26)/b17-12+. The van der Waals surface area contributed by atoms with Crippen LogP contribution in [0.2, 0.25) is 0 Å². The molecule has 6 nitrogen and oxygen atoms in total. The Bertz CT molecular complexity index is 913. The van der Waals surface area contributed by atoms with E-state index in [-0.39, 0.29) is 6.61 Å². The second-order valence-corrected chi connectivity index (χ2v) is 5.75. The number of amides is 1. The number of hydrogen-bond acceptors (Lipinski definition) is 5. The van der Waals surface area contributed by atoms with Gasteiger partial charge in [0, 0.05) is 29.5 Å². The third-order valence-electron chi connectivity index (χ3n) is 3.78. The fraction of sp³-hybridized carbons (Fsp3) is 0.182. The van der Waals surface area contributed by atoms with E-state index < -0.39 is 6.09 Å². The van der Waals surface area contributed by atoms with Crippen LogP contribution in [-0.4, -0.2) is 26.4 Å². The molecule has 0 aliphatic heterocycles. The van der Waals surface area contributed by atoms with E-state index in [1.165, 1.54) is 6.08 Å². The van der Waals surface area contributed by atoms with Crippen LogP contribution in [0.1, 0.15) is 18.1 Å². The van der Waals surface area contributed by atoms with E-state index in [2.05, 4.69) is 23.3 Å². The summed E-state index contributed by atoms with van der Waals surface area (Å²) >= 11 is 0. The minimum atomic E-state index is -0.564. The van der Waals surface area contributed by atoms with E-state index >= 15 is 0 Å². The fourth-order valence-corrected chi connectivity index (χ4v) is 2.55. The van der Waals surface area contributed by atoms with E-state index in [0.29, 0.717) is 23.6 Å². The van der Waals surface area contributed by atoms with Crippen LogP contribution >= 0.6 is 0 Å². The molecule has 0 fully saturated rings. The maximum Gasteiger partial charge on any atom is 0.411 e. The maximum absolute atomic E-state index is 11.7. The zero-order valence-electron chi connectivity index (χ0n) is 16.0. The van der Waals surface area contributed by atoms with Crippen molar-refractivity contribution in [1.82, 2.24) is 0 Å². The summed E-state index contributed by atoms with van der Waals surface area (Å²) < 4.78 is 10.2. The van der Waals surface area contributed by atoms with Gasteiger partial charge < -0.3 is 14.8 Å². The van der Waals surface area contributed by atoms with Gasteiger partial charge in [0.1, 0.15) is 12.4 Å². The van der Waals surface area contributed by atoms with Crippen molar-refractivity contribution in [2.24, 2.45) is 0 Å². The molecule has 0 aromatic heterocycles. The number of carbonyl (C=O) groups excluding carboxylic acids is 1. The quantitative estimate of drug-likeness (QED) is 0.387. The summed E-state index contributed by atoms with van der Waals surface area (Å²) in [7, 11) is 1.60. The first-order valence-corrected chi connectivity index (χ1v) is 8.80. The van der Waals surface area contributed by atoms with E-state index in [9.17, 15) is 10.1 Å². The highest BCUT2D eigenvalue weighted by Crippen LogP contribution is 2.29. The third kappa shape index (κ3) is 5.64. The maximum atomic E-state index is 11.7. The molecule has 0 radical (unpaired) electrons. The number of benzene rings is 2. The predicted molar refractivity (Wildman–Crippen MR) is 112 cm³/mol. The molecule has 6 heteroatoms. The van der Waals surface area contributed by atoms with Gasteiger partial charge in [-0.15, -0.1) is 0 Å². The molecular formula is C22H23N3O3. The summed E-state index contributed by atoms with van der Waals surface area (Å²) in [5, 5.41) is 15.6. The van der Waals surface area contributed by atoms with Gasteiger partial charge in [0.2, 0.25) is 0 Å². The molecule has 1 amide bonds. The van der Waals surface area contributed by atoms with E-state index in [1.54, 1.807) is 31.4 Å². The van der Waals surface area contributed by atoms with Crippen LogP contribution in [0.25, 0.3) is 11.6 Å². The zero-order valence-corrected chi connectivity index (χ0v) is 16.0. The molecule has 0 heterocycles. The molecule has 0 saturated heterocycles. The highest BCUT2D eigenvalue weighted by atomic mass is 16.5. The number of allylic oxidation sites excluding steroid dienone is 1. The van der Waals surface area contributed by atoms with Crippen molar-refractivity contribution in [3.63, 3.8) is 0 Å². The Balaban J connectivity index is 2.32. The van der Waals surface area contributed by atoms with Crippen LogP contribution in [0.15, 0.2) is 55.1 Å². The monoisotopic (exact) mass is 377 g/mol. The lowest BCUT2D eigenvalue weighted by Crippen LogP contribution is -2.13. The molecule has 28 heavy (non-hydrogen) atoms. The SMILES string of the molecule is C=CCOC(=O)Nc1cccc(/C=C(\C#N)c2ccc(OC)cc2NCC)c1. The molecule has 144 valence electrons. The molecule has 0 spiro atoms.